The molecule has 114 valence electrons. The van der Waals surface area contributed by atoms with Gasteiger partial charge >= 0.3 is 11.8 Å². The van der Waals surface area contributed by atoms with Gasteiger partial charge in [-0.15, -0.1) is 0 Å². The van der Waals surface area contributed by atoms with E-state index in [-0.39, 0.29) is 11.4 Å². The number of amides is 2. The average molecular weight is 300 g/mol. The number of hydrogen-bond donors (Lipinski definition) is 3. The van der Waals surface area contributed by atoms with Gasteiger partial charge in [-0.2, -0.15) is 0 Å². The second kappa shape index (κ2) is 6.62. The number of ether oxygens (including phenoxy) is 1. The number of rotatable bonds is 3. The number of nitrogens with one attached hydrogen (secondary N) is 2. The van der Waals surface area contributed by atoms with Gasteiger partial charge < -0.3 is 20.5 Å². The third-order valence-corrected chi connectivity index (χ3v) is 2.96. The Morgan fingerprint density at radius 1 is 1.00 bits per heavy atom. The number of aryl methyl sites for hydroxylation is 1. The van der Waals surface area contributed by atoms with E-state index in [1.54, 1.807) is 24.3 Å². The van der Waals surface area contributed by atoms with Crippen LogP contribution in [0, 0.1) is 6.92 Å². The van der Waals surface area contributed by atoms with Crippen LogP contribution in [0.5, 0.6) is 11.5 Å². The fourth-order valence-electron chi connectivity index (χ4n) is 1.86. The van der Waals surface area contributed by atoms with E-state index in [0.717, 1.165) is 5.56 Å². The monoisotopic (exact) mass is 300 g/mol. The summed E-state index contributed by atoms with van der Waals surface area (Å²) in [6, 6.07) is 11.4. The number of methoxy groups -OCH3 is 1. The van der Waals surface area contributed by atoms with Crippen LogP contribution in [0.1, 0.15) is 5.56 Å². The van der Waals surface area contributed by atoms with E-state index < -0.39 is 11.8 Å². The highest BCUT2D eigenvalue weighted by Gasteiger charge is 2.17. The minimum atomic E-state index is -0.884. The number of phenols is 1. The van der Waals surface area contributed by atoms with Crippen LogP contribution < -0.4 is 15.4 Å². The molecule has 0 aliphatic heterocycles. The zero-order valence-corrected chi connectivity index (χ0v) is 12.2. The van der Waals surface area contributed by atoms with Crippen LogP contribution in [-0.2, 0) is 9.59 Å². The van der Waals surface area contributed by atoms with Gasteiger partial charge in [0.15, 0.2) is 0 Å². The largest absolute Gasteiger partial charge is 0.506 e. The summed E-state index contributed by atoms with van der Waals surface area (Å²) in [5, 5.41) is 14.4. The van der Waals surface area contributed by atoms with Crippen LogP contribution in [0.4, 0.5) is 11.4 Å². The minimum absolute atomic E-state index is 0.114. The van der Waals surface area contributed by atoms with Crippen molar-refractivity contribution in [3.8, 4) is 11.5 Å². The molecule has 2 aromatic rings. The Kier molecular flexibility index (Phi) is 4.63. The first-order chi connectivity index (χ1) is 10.5. The Hall–Kier alpha value is -3.02. The Morgan fingerprint density at radius 2 is 1.64 bits per heavy atom. The summed E-state index contributed by atoms with van der Waals surface area (Å²) in [5.41, 5.74) is 1.48. The number of aromatic hydroxyl groups is 1. The first kappa shape index (κ1) is 15.4. The molecular weight excluding hydrogens is 284 g/mol. The molecule has 0 aromatic heterocycles. The third kappa shape index (κ3) is 3.54. The molecule has 0 unspecified atom stereocenters. The smallest absolute Gasteiger partial charge is 0.314 e. The molecule has 2 aromatic carbocycles. The Morgan fingerprint density at radius 3 is 2.27 bits per heavy atom. The van der Waals surface area contributed by atoms with Crippen LogP contribution in [0.2, 0.25) is 0 Å². The highest BCUT2D eigenvalue weighted by Crippen LogP contribution is 2.25. The molecule has 0 atom stereocenters. The lowest BCUT2D eigenvalue weighted by Crippen LogP contribution is -2.29. The number of hydrogen-bond acceptors (Lipinski definition) is 4. The molecule has 0 bridgehead atoms. The second-order valence-corrected chi connectivity index (χ2v) is 4.63. The van der Waals surface area contributed by atoms with Gasteiger partial charge in [-0.05, 0) is 36.8 Å². The minimum Gasteiger partial charge on any atom is -0.506 e. The number of benzene rings is 2. The molecule has 0 fully saturated rings. The van der Waals surface area contributed by atoms with Crippen LogP contribution >= 0.6 is 0 Å². The molecule has 0 aliphatic carbocycles. The SMILES string of the molecule is COc1ccc(C)cc1NC(=O)C(=O)Nc1ccccc1O. The number of phenolic OH excluding ortho intramolecular Hbond substituents is 1. The lowest BCUT2D eigenvalue weighted by Gasteiger charge is -2.11. The van der Waals surface area contributed by atoms with Crippen molar-refractivity contribution in [3.63, 3.8) is 0 Å². The van der Waals surface area contributed by atoms with E-state index in [9.17, 15) is 14.7 Å². The van der Waals surface area contributed by atoms with E-state index >= 15 is 0 Å². The molecule has 0 aliphatic rings. The van der Waals surface area contributed by atoms with Crippen molar-refractivity contribution < 1.29 is 19.4 Å². The normalized spacial score (nSPS) is 9.91. The van der Waals surface area contributed by atoms with Crippen molar-refractivity contribution in [1.82, 2.24) is 0 Å². The maximum atomic E-state index is 11.9. The van der Waals surface area contributed by atoms with Crippen molar-refractivity contribution in [3.05, 3.63) is 48.0 Å². The average Bonchev–Trinajstić information content (AvgIpc) is 2.49. The summed E-state index contributed by atoms with van der Waals surface area (Å²) in [4.78, 5) is 23.8. The summed E-state index contributed by atoms with van der Waals surface area (Å²) in [5.74, 6) is -1.40. The standard InChI is InChI=1S/C16H16N2O4/c1-10-7-8-14(22-2)12(9-10)18-16(21)15(20)17-11-5-3-4-6-13(11)19/h3-9,19H,1-2H3,(H,17,20)(H,18,21). The Balaban J connectivity index is 2.11. The molecule has 2 rings (SSSR count). The third-order valence-electron chi connectivity index (χ3n) is 2.96. The maximum Gasteiger partial charge on any atom is 0.314 e. The second-order valence-electron chi connectivity index (χ2n) is 4.63. The van der Waals surface area contributed by atoms with Crippen molar-refractivity contribution in [2.45, 2.75) is 6.92 Å². The highest BCUT2D eigenvalue weighted by molar-refractivity contribution is 6.43. The van der Waals surface area contributed by atoms with Crippen molar-refractivity contribution in [1.29, 1.82) is 0 Å². The predicted octanol–water partition coefficient (Wildman–Crippen LogP) is 2.29. The highest BCUT2D eigenvalue weighted by atomic mass is 16.5. The molecule has 2 amide bonds. The zero-order valence-electron chi connectivity index (χ0n) is 12.2. The summed E-state index contributed by atoms with van der Waals surface area (Å²) >= 11 is 0. The molecule has 0 radical (unpaired) electrons. The van der Waals surface area contributed by atoms with E-state index in [0.29, 0.717) is 11.4 Å². The van der Waals surface area contributed by atoms with Crippen molar-refractivity contribution in [2.24, 2.45) is 0 Å². The maximum absolute atomic E-state index is 11.9. The lowest BCUT2D eigenvalue weighted by atomic mass is 10.2. The molecule has 6 nitrogen and oxygen atoms in total. The van der Waals surface area contributed by atoms with Gasteiger partial charge in [0.1, 0.15) is 11.5 Å². The van der Waals surface area contributed by atoms with Crippen LogP contribution in [-0.4, -0.2) is 24.0 Å². The zero-order chi connectivity index (χ0) is 16.1. The van der Waals surface area contributed by atoms with Gasteiger partial charge in [-0.25, -0.2) is 0 Å². The van der Waals surface area contributed by atoms with E-state index in [2.05, 4.69) is 10.6 Å². The first-order valence-corrected chi connectivity index (χ1v) is 6.56. The molecule has 0 heterocycles. The summed E-state index contributed by atoms with van der Waals surface area (Å²) in [6.45, 7) is 1.86. The Bertz CT molecular complexity index is 713. The van der Waals surface area contributed by atoms with Crippen LogP contribution in [0.3, 0.4) is 0 Å². The molecule has 6 heteroatoms. The van der Waals surface area contributed by atoms with Gasteiger partial charge in [0.2, 0.25) is 0 Å². The fourth-order valence-corrected chi connectivity index (χ4v) is 1.86. The Labute approximate surface area is 127 Å². The van der Waals surface area contributed by atoms with Crippen LogP contribution in [0.25, 0.3) is 0 Å². The number of carbonyl (C=O) groups is 2. The summed E-state index contributed by atoms with van der Waals surface area (Å²) in [6.07, 6.45) is 0. The number of anilines is 2. The van der Waals surface area contributed by atoms with E-state index in [1.807, 2.05) is 13.0 Å². The molecule has 0 saturated heterocycles. The van der Waals surface area contributed by atoms with Crippen molar-refractivity contribution >= 4 is 23.2 Å². The van der Waals surface area contributed by atoms with Gasteiger partial charge in [-0.3, -0.25) is 9.59 Å². The van der Waals surface area contributed by atoms with Gasteiger partial charge in [0.05, 0.1) is 18.5 Å². The van der Waals surface area contributed by atoms with E-state index in [4.69, 9.17) is 4.74 Å². The molecule has 0 saturated carbocycles. The predicted molar refractivity (Wildman–Crippen MR) is 83.1 cm³/mol. The number of para-hydroxylation sites is 2. The van der Waals surface area contributed by atoms with Gasteiger partial charge in [0, 0.05) is 0 Å². The number of carbonyl (C=O) groups excluding carboxylic acids is 2. The molecule has 3 N–H and O–H groups in total. The summed E-state index contributed by atoms with van der Waals surface area (Å²) < 4.78 is 5.13. The van der Waals surface area contributed by atoms with E-state index in [1.165, 1.54) is 19.2 Å². The fraction of sp³-hybridized carbons (Fsp3) is 0.125. The van der Waals surface area contributed by atoms with Gasteiger partial charge in [0.25, 0.3) is 0 Å². The molecule has 22 heavy (non-hydrogen) atoms. The van der Waals surface area contributed by atoms with Crippen molar-refractivity contribution in [2.75, 3.05) is 17.7 Å². The summed E-state index contributed by atoms with van der Waals surface area (Å²) in [7, 11) is 1.47. The van der Waals surface area contributed by atoms with Gasteiger partial charge in [-0.1, -0.05) is 18.2 Å². The molecule has 0 spiro atoms. The quantitative estimate of drug-likeness (QED) is 0.599. The first-order valence-electron chi connectivity index (χ1n) is 6.56. The van der Waals surface area contributed by atoms with Crippen LogP contribution in [0.15, 0.2) is 42.5 Å². The lowest BCUT2D eigenvalue weighted by molar-refractivity contribution is -0.133. The molecular formula is C16H16N2O4. The topological polar surface area (TPSA) is 87.7 Å².